The minimum atomic E-state index is -4.47. The van der Waals surface area contributed by atoms with Crippen LogP contribution in [-0.2, 0) is 27.4 Å². The van der Waals surface area contributed by atoms with E-state index < -0.39 is 27.7 Å². The van der Waals surface area contributed by atoms with Crippen LogP contribution in [0.25, 0.3) is 0 Å². The van der Waals surface area contributed by atoms with Crippen LogP contribution in [0.15, 0.2) is 41.4 Å². The van der Waals surface area contributed by atoms with Gasteiger partial charge in [-0.05, 0) is 42.3 Å². The SMILES string of the molecule is Cc1ccc(S(=O)(=O)N2CCN(c3ccc(C(F)(F)F)cn3)CC2)cc1CC(=O)O. The van der Waals surface area contributed by atoms with Gasteiger partial charge in [0.05, 0.1) is 16.9 Å². The number of aryl methyl sites for hydroxylation is 1. The van der Waals surface area contributed by atoms with Crippen molar-refractivity contribution in [3.8, 4) is 0 Å². The molecule has 1 aliphatic heterocycles. The van der Waals surface area contributed by atoms with E-state index in [1.165, 1.54) is 22.5 Å². The first-order valence-electron chi connectivity index (χ1n) is 9.08. The van der Waals surface area contributed by atoms with Gasteiger partial charge >= 0.3 is 12.1 Å². The van der Waals surface area contributed by atoms with Gasteiger partial charge in [-0.25, -0.2) is 13.4 Å². The van der Waals surface area contributed by atoms with Crippen molar-refractivity contribution < 1.29 is 31.5 Å². The van der Waals surface area contributed by atoms with Crippen LogP contribution in [0.5, 0.6) is 0 Å². The topological polar surface area (TPSA) is 90.8 Å². The molecule has 7 nitrogen and oxygen atoms in total. The van der Waals surface area contributed by atoms with Gasteiger partial charge in [0.25, 0.3) is 0 Å². The molecule has 2 heterocycles. The molecule has 3 rings (SSSR count). The maximum Gasteiger partial charge on any atom is 0.417 e. The van der Waals surface area contributed by atoms with Gasteiger partial charge in [-0.3, -0.25) is 4.79 Å². The highest BCUT2D eigenvalue weighted by atomic mass is 32.2. The highest BCUT2D eigenvalue weighted by Crippen LogP contribution is 2.30. The summed E-state index contributed by atoms with van der Waals surface area (Å²) in [6, 6.07) is 6.61. The third kappa shape index (κ3) is 4.73. The quantitative estimate of drug-likeness (QED) is 0.764. The first-order chi connectivity index (χ1) is 14.0. The number of nitrogens with zero attached hydrogens (tertiary/aromatic N) is 3. The van der Waals surface area contributed by atoms with Crippen molar-refractivity contribution in [3.63, 3.8) is 0 Å². The molecular formula is C19H20F3N3O4S. The molecule has 0 aliphatic carbocycles. The van der Waals surface area contributed by atoms with Gasteiger partial charge in [0.15, 0.2) is 0 Å². The van der Waals surface area contributed by atoms with Crippen molar-refractivity contribution in [2.24, 2.45) is 0 Å². The Morgan fingerprint density at radius 3 is 2.33 bits per heavy atom. The number of anilines is 1. The van der Waals surface area contributed by atoms with Gasteiger partial charge in [0.1, 0.15) is 5.82 Å². The zero-order valence-electron chi connectivity index (χ0n) is 16.1. The molecule has 30 heavy (non-hydrogen) atoms. The number of rotatable bonds is 5. The number of halogens is 3. The fourth-order valence-electron chi connectivity index (χ4n) is 3.21. The second-order valence-corrected chi connectivity index (χ2v) is 8.89. The fraction of sp³-hybridized carbons (Fsp3) is 0.368. The Morgan fingerprint density at radius 2 is 1.80 bits per heavy atom. The highest BCUT2D eigenvalue weighted by molar-refractivity contribution is 7.89. The fourth-order valence-corrected chi connectivity index (χ4v) is 4.68. The van der Waals surface area contributed by atoms with Crippen LogP contribution in [-0.4, -0.2) is 55.0 Å². The van der Waals surface area contributed by atoms with E-state index in [1.54, 1.807) is 17.9 Å². The maximum atomic E-state index is 13.0. The van der Waals surface area contributed by atoms with E-state index in [0.717, 1.165) is 12.3 Å². The summed E-state index contributed by atoms with van der Waals surface area (Å²) >= 11 is 0. The molecule has 0 radical (unpaired) electrons. The van der Waals surface area contributed by atoms with E-state index in [0.29, 0.717) is 16.9 Å². The number of alkyl halides is 3. The molecule has 1 fully saturated rings. The molecule has 2 aromatic rings. The zero-order valence-corrected chi connectivity index (χ0v) is 16.9. The summed E-state index contributed by atoms with van der Waals surface area (Å²) in [5.41, 5.74) is 0.273. The summed E-state index contributed by atoms with van der Waals surface area (Å²) in [4.78, 5) is 16.6. The van der Waals surface area contributed by atoms with E-state index in [2.05, 4.69) is 4.98 Å². The lowest BCUT2D eigenvalue weighted by Gasteiger charge is -2.34. The number of aliphatic carboxylic acids is 1. The number of hydrogen-bond donors (Lipinski definition) is 1. The molecule has 1 N–H and O–H groups in total. The number of sulfonamides is 1. The van der Waals surface area contributed by atoms with Gasteiger partial charge in [0, 0.05) is 32.4 Å². The molecule has 11 heteroatoms. The van der Waals surface area contributed by atoms with Crippen molar-refractivity contribution in [1.82, 2.24) is 9.29 Å². The largest absolute Gasteiger partial charge is 0.481 e. The van der Waals surface area contributed by atoms with Crippen molar-refractivity contribution in [2.45, 2.75) is 24.4 Å². The number of carbonyl (C=O) groups is 1. The minimum absolute atomic E-state index is 0.0189. The van der Waals surface area contributed by atoms with Crippen molar-refractivity contribution >= 4 is 21.8 Å². The summed E-state index contributed by atoms with van der Waals surface area (Å²) in [7, 11) is -3.82. The van der Waals surface area contributed by atoms with Crippen LogP contribution in [0, 0.1) is 6.92 Å². The number of aromatic nitrogens is 1. The summed E-state index contributed by atoms with van der Waals surface area (Å²) < 4.78 is 65.2. The maximum absolute atomic E-state index is 13.0. The van der Waals surface area contributed by atoms with Gasteiger partial charge in [-0.2, -0.15) is 17.5 Å². The summed E-state index contributed by atoms with van der Waals surface area (Å²) in [6.07, 6.45) is -3.98. The molecule has 0 unspecified atom stereocenters. The first kappa shape index (κ1) is 22.0. The Kier molecular flexibility index (Phi) is 6.04. The van der Waals surface area contributed by atoms with Crippen LogP contribution in [0.3, 0.4) is 0 Å². The zero-order chi connectivity index (χ0) is 22.1. The summed E-state index contributed by atoms with van der Waals surface area (Å²) in [6.45, 7) is 2.52. The molecule has 0 spiro atoms. The van der Waals surface area contributed by atoms with E-state index in [4.69, 9.17) is 5.11 Å². The predicted octanol–water partition coefficient (Wildman–Crippen LogP) is 2.55. The average Bonchev–Trinajstić information content (AvgIpc) is 2.69. The third-order valence-corrected chi connectivity index (χ3v) is 6.83. The smallest absolute Gasteiger partial charge is 0.417 e. The normalized spacial score (nSPS) is 15.9. The summed E-state index contributed by atoms with van der Waals surface area (Å²) in [5.74, 6) is -0.704. The molecule has 0 saturated carbocycles. The monoisotopic (exact) mass is 443 g/mol. The van der Waals surface area contributed by atoms with E-state index in [1.807, 2.05) is 0 Å². The molecule has 1 aromatic carbocycles. The molecule has 1 saturated heterocycles. The average molecular weight is 443 g/mol. The number of piperazine rings is 1. The number of carboxylic acids is 1. The molecule has 1 aromatic heterocycles. The van der Waals surface area contributed by atoms with E-state index >= 15 is 0 Å². The second kappa shape index (κ2) is 8.23. The van der Waals surface area contributed by atoms with Crippen LogP contribution in [0.1, 0.15) is 16.7 Å². The predicted molar refractivity (Wildman–Crippen MR) is 103 cm³/mol. The van der Waals surface area contributed by atoms with Gasteiger partial charge in [-0.1, -0.05) is 6.07 Å². The second-order valence-electron chi connectivity index (χ2n) is 6.95. The molecular weight excluding hydrogens is 423 g/mol. The molecule has 0 atom stereocenters. The van der Waals surface area contributed by atoms with Crippen molar-refractivity contribution in [2.75, 3.05) is 31.1 Å². The Bertz CT molecular complexity index is 1030. The molecule has 0 bridgehead atoms. The summed E-state index contributed by atoms with van der Waals surface area (Å²) in [5, 5.41) is 9.00. The Hall–Kier alpha value is -2.66. The van der Waals surface area contributed by atoms with Crippen LogP contribution < -0.4 is 4.90 Å². The lowest BCUT2D eigenvalue weighted by molar-refractivity contribution is -0.138. The van der Waals surface area contributed by atoms with Crippen LogP contribution in [0.2, 0.25) is 0 Å². The van der Waals surface area contributed by atoms with Crippen LogP contribution >= 0.6 is 0 Å². The van der Waals surface area contributed by atoms with Crippen LogP contribution in [0.4, 0.5) is 19.0 Å². The van der Waals surface area contributed by atoms with E-state index in [9.17, 15) is 26.4 Å². The van der Waals surface area contributed by atoms with Gasteiger partial charge in [0.2, 0.25) is 10.0 Å². The lowest BCUT2D eigenvalue weighted by Crippen LogP contribution is -2.48. The Morgan fingerprint density at radius 1 is 1.13 bits per heavy atom. The minimum Gasteiger partial charge on any atom is -0.481 e. The standard InChI is InChI=1S/C19H20F3N3O4S/c1-13-2-4-16(10-14(13)11-18(26)27)30(28,29)25-8-6-24(7-9-25)17-5-3-15(12-23-17)19(20,21)22/h2-5,10,12H,6-9,11H2,1H3,(H,26,27). The number of pyridine rings is 1. The number of hydrogen-bond acceptors (Lipinski definition) is 5. The molecule has 1 aliphatic rings. The molecule has 0 amide bonds. The Balaban J connectivity index is 1.72. The van der Waals surface area contributed by atoms with E-state index in [-0.39, 0.29) is 37.5 Å². The van der Waals surface area contributed by atoms with Crippen molar-refractivity contribution in [3.05, 3.63) is 53.2 Å². The van der Waals surface area contributed by atoms with Gasteiger partial charge < -0.3 is 10.0 Å². The Labute approximate surface area is 171 Å². The van der Waals surface area contributed by atoms with Crippen molar-refractivity contribution in [1.29, 1.82) is 0 Å². The highest BCUT2D eigenvalue weighted by Gasteiger charge is 2.32. The number of benzene rings is 1. The molecule has 162 valence electrons. The number of carboxylic acid groups (broad SMARTS) is 1. The van der Waals surface area contributed by atoms with Gasteiger partial charge in [-0.15, -0.1) is 0 Å². The third-order valence-electron chi connectivity index (χ3n) is 4.94. The first-order valence-corrected chi connectivity index (χ1v) is 10.5. The lowest BCUT2D eigenvalue weighted by atomic mass is 10.1.